The van der Waals surface area contributed by atoms with Gasteiger partial charge in [-0.05, 0) is 49.8 Å². The minimum absolute atomic E-state index is 0.0584. The Morgan fingerprint density at radius 3 is 2.67 bits per heavy atom. The van der Waals surface area contributed by atoms with E-state index in [1.165, 1.54) is 25.7 Å². The molecule has 24 heavy (non-hydrogen) atoms. The van der Waals surface area contributed by atoms with Crippen LogP contribution in [0, 0.1) is 5.92 Å². The second-order valence-corrected chi connectivity index (χ2v) is 6.74. The van der Waals surface area contributed by atoms with E-state index >= 15 is 0 Å². The van der Waals surface area contributed by atoms with Crippen molar-refractivity contribution in [1.82, 2.24) is 10.6 Å². The van der Waals surface area contributed by atoms with Gasteiger partial charge in [-0.2, -0.15) is 0 Å². The molecule has 3 unspecified atom stereocenters. The fraction of sp³-hybridized carbons (Fsp3) is 0.579. The maximum Gasteiger partial charge on any atom is 0.338 e. The molecule has 2 fully saturated rings. The first-order valence-electron chi connectivity index (χ1n) is 8.97. The number of carbonyl (C=O) groups excluding carboxylic acids is 2. The van der Waals surface area contributed by atoms with Crippen molar-refractivity contribution < 1.29 is 14.3 Å². The summed E-state index contributed by atoms with van der Waals surface area (Å²) in [6.07, 6.45) is 5.97. The van der Waals surface area contributed by atoms with Gasteiger partial charge in [0.1, 0.15) is 0 Å². The Morgan fingerprint density at radius 2 is 1.96 bits per heavy atom. The molecule has 0 radical (unpaired) electrons. The SMILES string of the molecule is CCOC(=O)c1ccc(CNC(=O)C2CC3CCCCC3N2)cc1. The zero-order valence-corrected chi connectivity index (χ0v) is 14.2. The molecule has 1 aromatic rings. The summed E-state index contributed by atoms with van der Waals surface area (Å²) in [7, 11) is 0. The number of hydrogen-bond acceptors (Lipinski definition) is 4. The Hall–Kier alpha value is -1.88. The van der Waals surface area contributed by atoms with Crippen LogP contribution >= 0.6 is 0 Å². The monoisotopic (exact) mass is 330 g/mol. The molecule has 2 aliphatic rings. The zero-order valence-electron chi connectivity index (χ0n) is 14.2. The van der Waals surface area contributed by atoms with E-state index in [4.69, 9.17) is 4.74 Å². The van der Waals surface area contributed by atoms with Crippen molar-refractivity contribution in [2.24, 2.45) is 5.92 Å². The van der Waals surface area contributed by atoms with E-state index in [9.17, 15) is 9.59 Å². The van der Waals surface area contributed by atoms with E-state index in [-0.39, 0.29) is 17.9 Å². The molecule has 0 spiro atoms. The van der Waals surface area contributed by atoms with Crippen LogP contribution in [0.25, 0.3) is 0 Å². The van der Waals surface area contributed by atoms with Crippen molar-refractivity contribution in [2.45, 2.75) is 57.7 Å². The van der Waals surface area contributed by atoms with Crippen LogP contribution in [0.4, 0.5) is 0 Å². The molecule has 0 aromatic heterocycles. The molecule has 3 rings (SSSR count). The van der Waals surface area contributed by atoms with E-state index < -0.39 is 0 Å². The van der Waals surface area contributed by atoms with Crippen LogP contribution in [0.5, 0.6) is 0 Å². The summed E-state index contributed by atoms with van der Waals surface area (Å²) in [5, 5.41) is 6.50. The molecule has 2 N–H and O–H groups in total. The fourth-order valence-corrected chi connectivity index (χ4v) is 3.81. The molecule has 1 aromatic carbocycles. The summed E-state index contributed by atoms with van der Waals surface area (Å²) in [6, 6.07) is 7.65. The van der Waals surface area contributed by atoms with Crippen molar-refractivity contribution >= 4 is 11.9 Å². The van der Waals surface area contributed by atoms with Gasteiger partial charge < -0.3 is 15.4 Å². The molecule has 1 aliphatic carbocycles. The van der Waals surface area contributed by atoms with Crippen LogP contribution in [-0.2, 0) is 16.1 Å². The third kappa shape index (κ3) is 3.96. The highest BCUT2D eigenvalue weighted by atomic mass is 16.5. The van der Waals surface area contributed by atoms with E-state index in [0.29, 0.717) is 30.7 Å². The number of ether oxygens (including phenoxy) is 1. The summed E-state index contributed by atoms with van der Waals surface area (Å²) < 4.78 is 4.96. The van der Waals surface area contributed by atoms with E-state index in [1.54, 1.807) is 19.1 Å². The van der Waals surface area contributed by atoms with Crippen LogP contribution in [0.3, 0.4) is 0 Å². The molecule has 3 atom stereocenters. The van der Waals surface area contributed by atoms with Crippen molar-refractivity contribution in [2.75, 3.05) is 6.61 Å². The van der Waals surface area contributed by atoms with Crippen LogP contribution in [0.2, 0.25) is 0 Å². The first kappa shape index (κ1) is 17.0. The van der Waals surface area contributed by atoms with Crippen LogP contribution < -0.4 is 10.6 Å². The number of esters is 1. The zero-order chi connectivity index (χ0) is 16.9. The second kappa shape index (κ2) is 7.79. The third-order valence-electron chi connectivity index (χ3n) is 5.11. The average Bonchev–Trinajstić information content (AvgIpc) is 3.04. The summed E-state index contributed by atoms with van der Waals surface area (Å²) in [5.41, 5.74) is 1.51. The van der Waals surface area contributed by atoms with Gasteiger partial charge in [0.15, 0.2) is 0 Å². The van der Waals surface area contributed by atoms with Crippen molar-refractivity contribution in [1.29, 1.82) is 0 Å². The highest BCUT2D eigenvalue weighted by molar-refractivity contribution is 5.89. The molecule has 5 nitrogen and oxygen atoms in total. The maximum absolute atomic E-state index is 12.4. The van der Waals surface area contributed by atoms with Gasteiger partial charge in [0.05, 0.1) is 18.2 Å². The maximum atomic E-state index is 12.4. The number of hydrogen-bond donors (Lipinski definition) is 2. The smallest absolute Gasteiger partial charge is 0.338 e. The van der Waals surface area contributed by atoms with Crippen molar-refractivity contribution in [3.05, 3.63) is 35.4 Å². The van der Waals surface area contributed by atoms with E-state index in [2.05, 4.69) is 10.6 Å². The first-order chi connectivity index (χ1) is 11.7. The van der Waals surface area contributed by atoms with Crippen molar-refractivity contribution in [3.63, 3.8) is 0 Å². The molecule has 0 bridgehead atoms. The quantitative estimate of drug-likeness (QED) is 0.814. The fourth-order valence-electron chi connectivity index (χ4n) is 3.81. The molecule has 130 valence electrons. The molecule has 1 heterocycles. The summed E-state index contributed by atoms with van der Waals surface area (Å²) in [4.78, 5) is 24.0. The minimum atomic E-state index is -0.314. The predicted octanol–water partition coefficient (Wildman–Crippen LogP) is 2.40. The highest BCUT2D eigenvalue weighted by Crippen LogP contribution is 2.33. The van der Waals surface area contributed by atoms with Crippen LogP contribution in [-0.4, -0.2) is 30.6 Å². The molecular weight excluding hydrogens is 304 g/mol. The Kier molecular flexibility index (Phi) is 5.51. The summed E-state index contributed by atoms with van der Waals surface area (Å²) in [5.74, 6) is 0.433. The van der Waals surface area contributed by atoms with Crippen molar-refractivity contribution in [3.8, 4) is 0 Å². The van der Waals surface area contributed by atoms with Gasteiger partial charge in [0.25, 0.3) is 0 Å². The van der Waals surface area contributed by atoms with Gasteiger partial charge >= 0.3 is 5.97 Å². The number of carbonyl (C=O) groups is 2. The van der Waals surface area contributed by atoms with E-state index in [0.717, 1.165) is 12.0 Å². The lowest BCUT2D eigenvalue weighted by Gasteiger charge is -2.24. The molecule has 5 heteroatoms. The minimum Gasteiger partial charge on any atom is -0.462 e. The summed E-state index contributed by atoms with van der Waals surface area (Å²) in [6.45, 7) is 2.64. The molecule has 1 saturated carbocycles. The third-order valence-corrected chi connectivity index (χ3v) is 5.11. The number of amides is 1. The number of benzene rings is 1. The van der Waals surface area contributed by atoms with Gasteiger partial charge in [-0.1, -0.05) is 25.0 Å². The van der Waals surface area contributed by atoms with Gasteiger partial charge in [0.2, 0.25) is 5.91 Å². The van der Waals surface area contributed by atoms with Crippen LogP contribution in [0.15, 0.2) is 24.3 Å². The van der Waals surface area contributed by atoms with Gasteiger partial charge in [-0.3, -0.25) is 4.79 Å². The average molecular weight is 330 g/mol. The largest absolute Gasteiger partial charge is 0.462 e. The lowest BCUT2D eigenvalue weighted by Crippen LogP contribution is -2.42. The first-order valence-corrected chi connectivity index (χ1v) is 8.97. The Balaban J connectivity index is 1.48. The molecule has 1 amide bonds. The number of fused-ring (bicyclic) bond motifs is 1. The standard InChI is InChI=1S/C19H26N2O3/c1-2-24-19(23)14-9-7-13(8-10-14)12-20-18(22)17-11-15-5-3-4-6-16(15)21-17/h7-10,15-17,21H,2-6,11-12H2,1H3,(H,20,22). The Labute approximate surface area is 143 Å². The molecule has 1 aliphatic heterocycles. The predicted molar refractivity (Wildman–Crippen MR) is 91.5 cm³/mol. The lowest BCUT2D eigenvalue weighted by atomic mass is 9.85. The number of rotatable bonds is 5. The highest BCUT2D eigenvalue weighted by Gasteiger charge is 2.37. The topological polar surface area (TPSA) is 67.4 Å². The van der Waals surface area contributed by atoms with Gasteiger partial charge in [-0.15, -0.1) is 0 Å². The number of nitrogens with one attached hydrogen (secondary N) is 2. The lowest BCUT2D eigenvalue weighted by molar-refractivity contribution is -0.123. The molecule has 1 saturated heterocycles. The Morgan fingerprint density at radius 1 is 1.21 bits per heavy atom. The molecular formula is C19H26N2O3. The van der Waals surface area contributed by atoms with Gasteiger partial charge in [-0.25, -0.2) is 4.79 Å². The van der Waals surface area contributed by atoms with Crippen LogP contribution in [0.1, 0.15) is 54.9 Å². The van der Waals surface area contributed by atoms with E-state index in [1.807, 2.05) is 12.1 Å². The normalized spacial score (nSPS) is 25.8. The second-order valence-electron chi connectivity index (χ2n) is 6.74. The Bertz CT molecular complexity index is 571. The summed E-state index contributed by atoms with van der Waals surface area (Å²) >= 11 is 0. The van der Waals surface area contributed by atoms with Gasteiger partial charge in [0, 0.05) is 12.6 Å².